The van der Waals surface area contributed by atoms with Crippen molar-refractivity contribution >= 4 is 6.09 Å². The van der Waals surface area contributed by atoms with Gasteiger partial charge in [0.2, 0.25) is 0 Å². The first kappa shape index (κ1) is 13.7. The molecule has 1 atom stereocenters. The molecule has 1 fully saturated rings. The zero-order valence-electron chi connectivity index (χ0n) is 11.4. The molecule has 1 aromatic carbocycles. The smallest absolute Gasteiger partial charge is 0.407 e. The first-order valence-corrected chi connectivity index (χ1v) is 6.46. The second kappa shape index (κ2) is 6.43. The van der Waals surface area contributed by atoms with Gasteiger partial charge in [0.15, 0.2) is 0 Å². The van der Waals surface area contributed by atoms with Crippen molar-refractivity contribution in [2.24, 2.45) is 0 Å². The number of amides is 1. The Morgan fingerprint density at radius 1 is 1.47 bits per heavy atom. The lowest BCUT2D eigenvalue weighted by Gasteiger charge is -2.17. The molecule has 1 aromatic rings. The van der Waals surface area contributed by atoms with E-state index in [0.29, 0.717) is 12.6 Å². The second-order valence-electron chi connectivity index (χ2n) is 4.56. The molecule has 1 aliphatic heterocycles. The Hall–Kier alpha value is -1.75. The first-order chi connectivity index (χ1) is 9.24. The molecule has 1 saturated heterocycles. The number of alkyl carbamates (subject to hydrolysis) is 1. The van der Waals surface area contributed by atoms with Gasteiger partial charge in [0.05, 0.1) is 14.2 Å². The van der Waals surface area contributed by atoms with Crippen LogP contribution in [0, 0.1) is 0 Å². The SMILES string of the molecule is COC(=O)NCc1cc(OC)ccc1C1CCCN1. The van der Waals surface area contributed by atoms with Crippen LogP contribution in [0.2, 0.25) is 0 Å². The number of benzene rings is 1. The van der Waals surface area contributed by atoms with Gasteiger partial charge in [-0.25, -0.2) is 4.79 Å². The second-order valence-corrected chi connectivity index (χ2v) is 4.56. The fraction of sp³-hybridized carbons (Fsp3) is 0.500. The largest absolute Gasteiger partial charge is 0.497 e. The predicted molar refractivity (Wildman–Crippen MR) is 72.2 cm³/mol. The van der Waals surface area contributed by atoms with Crippen molar-refractivity contribution in [3.8, 4) is 5.75 Å². The van der Waals surface area contributed by atoms with Crippen LogP contribution in [0.1, 0.15) is 30.0 Å². The van der Waals surface area contributed by atoms with Crippen LogP contribution in [0.4, 0.5) is 4.79 Å². The molecule has 2 N–H and O–H groups in total. The Morgan fingerprint density at radius 2 is 2.32 bits per heavy atom. The van der Waals surface area contributed by atoms with Crippen molar-refractivity contribution < 1.29 is 14.3 Å². The van der Waals surface area contributed by atoms with Crippen LogP contribution in [0.5, 0.6) is 5.75 Å². The molecule has 0 aromatic heterocycles. The maximum atomic E-state index is 11.2. The number of hydrogen-bond donors (Lipinski definition) is 2. The number of carbonyl (C=O) groups excluding carboxylic acids is 1. The summed E-state index contributed by atoms with van der Waals surface area (Å²) in [5.74, 6) is 0.795. The zero-order chi connectivity index (χ0) is 13.7. The van der Waals surface area contributed by atoms with Gasteiger partial charge >= 0.3 is 6.09 Å². The molecule has 1 aliphatic rings. The van der Waals surface area contributed by atoms with Gasteiger partial charge in [-0.2, -0.15) is 0 Å². The number of hydrogen-bond acceptors (Lipinski definition) is 4. The first-order valence-electron chi connectivity index (χ1n) is 6.46. The molecule has 0 bridgehead atoms. The van der Waals surface area contributed by atoms with E-state index in [2.05, 4.69) is 21.4 Å². The Morgan fingerprint density at radius 3 is 2.95 bits per heavy atom. The average Bonchev–Trinajstić information content (AvgIpc) is 2.98. The maximum absolute atomic E-state index is 11.2. The fourth-order valence-corrected chi connectivity index (χ4v) is 2.39. The standard InChI is InChI=1S/C14H20N2O3/c1-18-11-5-6-12(13-4-3-7-15-13)10(8-11)9-16-14(17)19-2/h5-6,8,13,15H,3-4,7,9H2,1-2H3,(H,16,17). The van der Waals surface area contributed by atoms with Crippen molar-refractivity contribution in [2.45, 2.75) is 25.4 Å². The lowest BCUT2D eigenvalue weighted by molar-refractivity contribution is 0.170. The molecule has 19 heavy (non-hydrogen) atoms. The number of ether oxygens (including phenoxy) is 2. The molecule has 0 spiro atoms. The van der Waals surface area contributed by atoms with Gasteiger partial charge in [0.25, 0.3) is 0 Å². The van der Waals surface area contributed by atoms with E-state index < -0.39 is 6.09 Å². The normalized spacial score (nSPS) is 18.1. The monoisotopic (exact) mass is 264 g/mol. The summed E-state index contributed by atoms with van der Waals surface area (Å²) in [5, 5.41) is 6.19. The van der Waals surface area contributed by atoms with E-state index in [1.807, 2.05) is 12.1 Å². The van der Waals surface area contributed by atoms with Crippen molar-refractivity contribution in [3.63, 3.8) is 0 Å². The quantitative estimate of drug-likeness (QED) is 0.873. The van der Waals surface area contributed by atoms with Crippen LogP contribution in [-0.2, 0) is 11.3 Å². The summed E-state index contributed by atoms with van der Waals surface area (Å²) in [6, 6.07) is 6.35. The highest BCUT2D eigenvalue weighted by Crippen LogP contribution is 2.28. The van der Waals surface area contributed by atoms with Gasteiger partial charge in [-0.05, 0) is 42.6 Å². The minimum Gasteiger partial charge on any atom is -0.497 e. The van der Waals surface area contributed by atoms with Crippen LogP contribution >= 0.6 is 0 Å². The third-order valence-electron chi connectivity index (χ3n) is 3.39. The van der Waals surface area contributed by atoms with Crippen LogP contribution in [-0.4, -0.2) is 26.9 Å². The highest BCUT2D eigenvalue weighted by molar-refractivity contribution is 5.67. The van der Waals surface area contributed by atoms with E-state index in [-0.39, 0.29) is 0 Å². The van der Waals surface area contributed by atoms with Crippen molar-refractivity contribution in [1.82, 2.24) is 10.6 Å². The van der Waals surface area contributed by atoms with Gasteiger partial charge < -0.3 is 20.1 Å². The third-order valence-corrected chi connectivity index (χ3v) is 3.39. The van der Waals surface area contributed by atoms with Gasteiger partial charge in [-0.15, -0.1) is 0 Å². The van der Waals surface area contributed by atoms with Gasteiger partial charge in [-0.1, -0.05) is 6.07 Å². The molecule has 0 saturated carbocycles. The Labute approximate surface area is 113 Å². The van der Waals surface area contributed by atoms with E-state index in [4.69, 9.17) is 4.74 Å². The number of rotatable bonds is 4. The fourth-order valence-electron chi connectivity index (χ4n) is 2.39. The van der Waals surface area contributed by atoms with Crippen LogP contribution in [0.3, 0.4) is 0 Å². The Bertz CT molecular complexity index is 442. The van der Waals surface area contributed by atoms with Crippen LogP contribution in [0.15, 0.2) is 18.2 Å². The Balaban J connectivity index is 2.18. The molecule has 2 rings (SSSR count). The topological polar surface area (TPSA) is 59.6 Å². The highest BCUT2D eigenvalue weighted by atomic mass is 16.5. The average molecular weight is 264 g/mol. The van der Waals surface area contributed by atoms with E-state index in [1.54, 1.807) is 7.11 Å². The van der Waals surface area contributed by atoms with Crippen molar-refractivity contribution in [3.05, 3.63) is 29.3 Å². The molecule has 0 radical (unpaired) electrons. The lowest BCUT2D eigenvalue weighted by atomic mass is 9.98. The summed E-state index contributed by atoms with van der Waals surface area (Å²) < 4.78 is 9.84. The molecular formula is C14H20N2O3. The van der Waals surface area contributed by atoms with E-state index in [0.717, 1.165) is 24.3 Å². The summed E-state index contributed by atoms with van der Waals surface area (Å²) in [4.78, 5) is 11.2. The summed E-state index contributed by atoms with van der Waals surface area (Å²) in [6.07, 6.45) is 1.88. The summed E-state index contributed by atoms with van der Waals surface area (Å²) in [6.45, 7) is 1.48. The van der Waals surface area contributed by atoms with Crippen molar-refractivity contribution in [2.75, 3.05) is 20.8 Å². The van der Waals surface area contributed by atoms with Crippen LogP contribution < -0.4 is 15.4 Å². The summed E-state index contributed by atoms with van der Waals surface area (Å²) in [5.41, 5.74) is 2.28. The molecule has 5 heteroatoms. The highest BCUT2D eigenvalue weighted by Gasteiger charge is 2.19. The minimum absolute atomic E-state index is 0.361. The summed E-state index contributed by atoms with van der Waals surface area (Å²) >= 11 is 0. The van der Waals surface area contributed by atoms with Gasteiger partial charge in [0, 0.05) is 12.6 Å². The van der Waals surface area contributed by atoms with E-state index in [9.17, 15) is 4.79 Å². The van der Waals surface area contributed by atoms with Gasteiger partial charge in [-0.3, -0.25) is 0 Å². The van der Waals surface area contributed by atoms with E-state index >= 15 is 0 Å². The maximum Gasteiger partial charge on any atom is 0.407 e. The van der Waals surface area contributed by atoms with Crippen LogP contribution in [0.25, 0.3) is 0 Å². The van der Waals surface area contributed by atoms with Gasteiger partial charge in [0.1, 0.15) is 5.75 Å². The number of carbonyl (C=O) groups is 1. The third kappa shape index (κ3) is 3.38. The number of nitrogens with one attached hydrogen (secondary N) is 2. The number of methoxy groups -OCH3 is 2. The lowest BCUT2D eigenvalue weighted by Crippen LogP contribution is -2.24. The molecule has 5 nitrogen and oxygen atoms in total. The van der Waals surface area contributed by atoms with E-state index in [1.165, 1.54) is 19.1 Å². The minimum atomic E-state index is -0.423. The molecular weight excluding hydrogens is 244 g/mol. The molecule has 1 heterocycles. The predicted octanol–water partition coefficient (Wildman–Crippen LogP) is 1.98. The summed E-state index contributed by atoms with van der Waals surface area (Å²) in [7, 11) is 3.00. The molecule has 1 unspecified atom stereocenters. The zero-order valence-corrected chi connectivity index (χ0v) is 11.4. The molecule has 104 valence electrons. The molecule has 1 amide bonds. The molecule has 0 aliphatic carbocycles. The van der Waals surface area contributed by atoms with Crippen molar-refractivity contribution in [1.29, 1.82) is 0 Å². The Kier molecular flexibility index (Phi) is 4.63.